The number of nitrogens with one attached hydrogen (secondary N) is 1. The van der Waals surface area contributed by atoms with Crippen LogP contribution >= 0.6 is 11.3 Å². The molecular formula is C22H22F3N7O2S. The van der Waals surface area contributed by atoms with Crippen LogP contribution in [-0.2, 0) is 24.6 Å². The summed E-state index contributed by atoms with van der Waals surface area (Å²) in [6.07, 6.45) is -3.27. The lowest BCUT2D eigenvalue weighted by atomic mass is 10.0. The summed E-state index contributed by atoms with van der Waals surface area (Å²) >= 11 is 0.701. The Bertz CT molecular complexity index is 1470. The van der Waals surface area contributed by atoms with Crippen molar-refractivity contribution in [3.05, 3.63) is 46.0 Å². The van der Waals surface area contributed by atoms with Gasteiger partial charge in [0.2, 0.25) is 5.91 Å². The SMILES string of the molecule is Cc1cc(C)n(CCC(=O)Nc2c(C(N)=O)sc3nc(C(F)(F)F)cc(-c4cnn(C)c4C)c23)n1. The number of alkyl halides is 3. The van der Waals surface area contributed by atoms with Gasteiger partial charge in [0.1, 0.15) is 15.4 Å². The quantitative estimate of drug-likeness (QED) is 0.411. The molecule has 0 spiro atoms. The van der Waals surface area contributed by atoms with E-state index >= 15 is 0 Å². The summed E-state index contributed by atoms with van der Waals surface area (Å²) in [6.45, 7) is 5.69. The highest BCUT2D eigenvalue weighted by atomic mass is 32.1. The Labute approximate surface area is 201 Å². The minimum Gasteiger partial charge on any atom is -0.365 e. The monoisotopic (exact) mass is 505 g/mol. The molecule has 3 N–H and O–H groups in total. The number of thiophene rings is 1. The molecule has 9 nitrogen and oxygen atoms in total. The van der Waals surface area contributed by atoms with Gasteiger partial charge in [0.25, 0.3) is 5.91 Å². The Hall–Kier alpha value is -3.74. The summed E-state index contributed by atoms with van der Waals surface area (Å²) in [5, 5.41) is 11.3. The number of nitrogens with zero attached hydrogens (tertiary/aromatic N) is 5. The van der Waals surface area contributed by atoms with Crippen molar-refractivity contribution in [2.45, 2.75) is 39.9 Å². The second-order valence-corrected chi connectivity index (χ2v) is 9.12. The van der Waals surface area contributed by atoms with Gasteiger partial charge in [-0.2, -0.15) is 23.4 Å². The van der Waals surface area contributed by atoms with Crippen LogP contribution in [0, 0.1) is 20.8 Å². The normalized spacial score (nSPS) is 11.9. The van der Waals surface area contributed by atoms with Crippen molar-refractivity contribution in [3.8, 4) is 11.1 Å². The first-order valence-electron chi connectivity index (χ1n) is 10.5. The molecule has 4 rings (SSSR count). The molecule has 35 heavy (non-hydrogen) atoms. The molecule has 0 aliphatic heterocycles. The third-order valence-corrected chi connectivity index (χ3v) is 6.72. The minimum atomic E-state index is -4.72. The molecule has 184 valence electrons. The topological polar surface area (TPSA) is 121 Å². The number of nitrogens with two attached hydrogens (primary N) is 1. The molecule has 0 aromatic carbocycles. The lowest BCUT2D eigenvalue weighted by Gasteiger charge is -2.12. The summed E-state index contributed by atoms with van der Waals surface area (Å²) in [4.78, 5) is 28.6. The molecule has 0 aliphatic carbocycles. The number of hydrogen-bond donors (Lipinski definition) is 2. The highest BCUT2D eigenvalue weighted by Crippen LogP contribution is 2.44. The van der Waals surface area contributed by atoms with Crippen LogP contribution in [-0.4, -0.2) is 36.4 Å². The van der Waals surface area contributed by atoms with Crippen LogP contribution in [0.3, 0.4) is 0 Å². The average Bonchev–Trinajstić information content (AvgIpc) is 3.40. The Morgan fingerprint density at radius 3 is 2.43 bits per heavy atom. The molecule has 2 amide bonds. The van der Waals surface area contributed by atoms with Gasteiger partial charge in [-0.1, -0.05) is 0 Å². The first-order chi connectivity index (χ1) is 16.4. The summed E-state index contributed by atoms with van der Waals surface area (Å²) in [5.74, 6) is -1.34. The van der Waals surface area contributed by atoms with E-state index in [0.29, 0.717) is 22.6 Å². The number of pyridine rings is 1. The van der Waals surface area contributed by atoms with E-state index in [9.17, 15) is 22.8 Å². The van der Waals surface area contributed by atoms with Crippen LogP contribution in [0.1, 0.15) is 38.9 Å². The van der Waals surface area contributed by atoms with Gasteiger partial charge >= 0.3 is 6.18 Å². The Kier molecular flexibility index (Phi) is 6.13. The van der Waals surface area contributed by atoms with Crippen molar-refractivity contribution in [1.82, 2.24) is 24.5 Å². The number of aromatic nitrogens is 5. The molecular weight excluding hydrogens is 483 g/mol. The number of hydrogen-bond acceptors (Lipinski definition) is 6. The van der Waals surface area contributed by atoms with Crippen LogP contribution in [0.2, 0.25) is 0 Å². The minimum absolute atomic E-state index is 0.0207. The van der Waals surface area contributed by atoms with Gasteiger partial charge in [-0.25, -0.2) is 4.98 Å². The zero-order valence-corrected chi connectivity index (χ0v) is 20.1. The number of carbonyl (C=O) groups is 2. The fourth-order valence-corrected chi connectivity index (χ4v) is 4.83. The molecule has 0 fully saturated rings. The third-order valence-electron chi connectivity index (χ3n) is 5.62. The van der Waals surface area contributed by atoms with Gasteiger partial charge < -0.3 is 11.1 Å². The number of anilines is 1. The molecule has 0 aliphatic rings. The first-order valence-corrected chi connectivity index (χ1v) is 11.3. The molecule has 0 radical (unpaired) electrons. The van der Waals surface area contributed by atoms with Crippen LogP contribution in [0.15, 0.2) is 18.3 Å². The van der Waals surface area contributed by atoms with Crippen molar-refractivity contribution < 1.29 is 22.8 Å². The highest BCUT2D eigenvalue weighted by molar-refractivity contribution is 7.21. The van der Waals surface area contributed by atoms with Crippen LogP contribution < -0.4 is 11.1 Å². The van der Waals surface area contributed by atoms with Gasteiger partial charge in [-0.05, 0) is 38.5 Å². The molecule has 0 saturated carbocycles. The zero-order chi connectivity index (χ0) is 25.7. The van der Waals surface area contributed by atoms with Crippen LogP contribution in [0.4, 0.5) is 18.9 Å². The predicted octanol–water partition coefficient (Wildman–Crippen LogP) is 3.97. The number of rotatable bonds is 6. The molecule has 0 saturated heterocycles. The van der Waals surface area contributed by atoms with Crippen LogP contribution in [0.5, 0.6) is 0 Å². The van der Waals surface area contributed by atoms with Gasteiger partial charge in [-0.3, -0.25) is 19.0 Å². The lowest BCUT2D eigenvalue weighted by molar-refractivity contribution is -0.140. The lowest BCUT2D eigenvalue weighted by Crippen LogP contribution is -2.18. The summed E-state index contributed by atoms with van der Waals surface area (Å²) in [6, 6.07) is 2.78. The Balaban J connectivity index is 1.83. The highest BCUT2D eigenvalue weighted by Gasteiger charge is 2.35. The number of aryl methyl sites for hydroxylation is 4. The molecule has 13 heteroatoms. The average molecular weight is 506 g/mol. The van der Waals surface area contributed by atoms with E-state index in [2.05, 4.69) is 20.5 Å². The number of carbonyl (C=O) groups excluding carboxylic acids is 2. The van der Waals surface area contributed by atoms with Gasteiger partial charge in [0.05, 0.1) is 17.6 Å². The van der Waals surface area contributed by atoms with Gasteiger partial charge in [0, 0.05) is 42.4 Å². The second-order valence-electron chi connectivity index (χ2n) is 8.12. The first kappa shape index (κ1) is 24.4. The number of halogens is 3. The van der Waals surface area contributed by atoms with Gasteiger partial charge in [0.15, 0.2) is 0 Å². The third kappa shape index (κ3) is 4.63. The number of fused-ring (bicyclic) bond motifs is 1. The number of amides is 2. The van der Waals surface area contributed by atoms with Crippen molar-refractivity contribution in [3.63, 3.8) is 0 Å². The van der Waals surface area contributed by atoms with E-state index in [-0.39, 0.29) is 39.3 Å². The molecule has 0 unspecified atom stereocenters. The van der Waals surface area contributed by atoms with E-state index in [0.717, 1.165) is 17.5 Å². The van der Waals surface area contributed by atoms with Crippen molar-refractivity contribution >= 4 is 39.1 Å². The summed E-state index contributed by atoms with van der Waals surface area (Å²) < 4.78 is 44.1. The van der Waals surface area contributed by atoms with E-state index in [1.807, 2.05) is 19.9 Å². The Morgan fingerprint density at radius 1 is 1.17 bits per heavy atom. The van der Waals surface area contributed by atoms with E-state index in [4.69, 9.17) is 5.73 Å². The summed E-state index contributed by atoms with van der Waals surface area (Å²) in [5.41, 5.74) is 7.29. The molecule has 4 aromatic heterocycles. The zero-order valence-electron chi connectivity index (χ0n) is 19.3. The van der Waals surface area contributed by atoms with Crippen molar-refractivity contribution in [2.24, 2.45) is 12.8 Å². The molecule has 0 atom stereocenters. The van der Waals surface area contributed by atoms with E-state index < -0.39 is 23.7 Å². The predicted molar refractivity (Wildman–Crippen MR) is 125 cm³/mol. The Morgan fingerprint density at radius 2 is 1.89 bits per heavy atom. The summed E-state index contributed by atoms with van der Waals surface area (Å²) in [7, 11) is 1.66. The number of primary amides is 1. The smallest absolute Gasteiger partial charge is 0.365 e. The molecule has 4 aromatic rings. The van der Waals surface area contributed by atoms with Crippen LogP contribution in [0.25, 0.3) is 21.3 Å². The van der Waals surface area contributed by atoms with Gasteiger partial charge in [-0.15, -0.1) is 11.3 Å². The second kappa shape index (κ2) is 8.80. The molecule has 4 heterocycles. The van der Waals surface area contributed by atoms with E-state index in [1.54, 1.807) is 18.7 Å². The fourth-order valence-electron chi connectivity index (χ4n) is 3.82. The maximum Gasteiger partial charge on any atom is 0.433 e. The maximum atomic E-state index is 13.6. The molecule has 0 bridgehead atoms. The standard InChI is InChI=1S/C22H22F3N7O2S/c1-10-7-11(2)32(30-10)6-5-16(33)29-18-17-13(14-9-27-31(4)12(14)3)8-15(22(23,24)25)28-21(17)35-19(18)20(26)34/h7-9H,5-6H2,1-4H3,(H2,26,34)(H,29,33). The fraction of sp³-hybridized carbons (Fsp3) is 0.318. The maximum absolute atomic E-state index is 13.6. The largest absolute Gasteiger partial charge is 0.433 e. The van der Waals surface area contributed by atoms with Crippen molar-refractivity contribution in [2.75, 3.05) is 5.32 Å². The van der Waals surface area contributed by atoms with E-state index in [1.165, 1.54) is 10.9 Å². The van der Waals surface area contributed by atoms with Crippen molar-refractivity contribution in [1.29, 1.82) is 0 Å².